The summed E-state index contributed by atoms with van der Waals surface area (Å²) in [4.78, 5) is 2.20. The van der Waals surface area contributed by atoms with Crippen molar-refractivity contribution in [1.82, 2.24) is 0 Å². The van der Waals surface area contributed by atoms with Crippen LogP contribution in [0.25, 0.3) is 0 Å². The molecule has 0 radical (unpaired) electrons. The van der Waals surface area contributed by atoms with E-state index in [1.165, 1.54) is 6.07 Å². The Labute approximate surface area is 118 Å². The lowest BCUT2D eigenvalue weighted by atomic mass is 9.93. The first kappa shape index (κ1) is 14.2. The molecule has 19 heavy (non-hydrogen) atoms. The zero-order valence-electron chi connectivity index (χ0n) is 11.3. The van der Waals surface area contributed by atoms with Crippen molar-refractivity contribution in [2.24, 2.45) is 5.73 Å². The number of piperidine rings is 1. The van der Waals surface area contributed by atoms with E-state index < -0.39 is 0 Å². The summed E-state index contributed by atoms with van der Waals surface area (Å²) in [5.74, 6) is -0.366. The van der Waals surface area contributed by atoms with Crippen LogP contribution in [0.3, 0.4) is 0 Å². The number of benzene rings is 1. The van der Waals surface area contributed by atoms with Gasteiger partial charge in [-0.2, -0.15) is 0 Å². The zero-order chi connectivity index (χ0) is 14.0. The highest BCUT2D eigenvalue weighted by Crippen LogP contribution is 2.31. The molecule has 1 fully saturated rings. The predicted octanol–water partition coefficient (Wildman–Crippen LogP) is 2.47. The van der Waals surface area contributed by atoms with Gasteiger partial charge in [0.15, 0.2) is 0 Å². The molecule has 104 valence electrons. The Bertz CT molecular complexity index is 494. The number of hydrogen-bond acceptors (Lipinski definition) is 3. The van der Waals surface area contributed by atoms with Crippen LogP contribution in [0.2, 0.25) is 0 Å². The van der Waals surface area contributed by atoms with Gasteiger partial charge in [-0.1, -0.05) is 18.3 Å². The molecule has 0 spiro atoms. The maximum atomic E-state index is 13.9. The molecule has 0 amide bonds. The number of methoxy groups -OCH3 is 1. The van der Waals surface area contributed by atoms with Crippen molar-refractivity contribution in [3.63, 3.8) is 0 Å². The van der Waals surface area contributed by atoms with E-state index in [2.05, 4.69) is 11.8 Å². The van der Waals surface area contributed by atoms with Crippen molar-refractivity contribution in [2.45, 2.75) is 25.4 Å². The van der Waals surface area contributed by atoms with Crippen LogP contribution in [-0.4, -0.2) is 30.8 Å². The standard InChI is InChI=1S/C14H19FN2OS/c1-14(18-2)7-4-8-17(9-14)11-6-3-5-10(15)12(11)13(16)19/h3,5-6H,4,7-9H2,1-2H3,(H2,16,19). The summed E-state index contributed by atoms with van der Waals surface area (Å²) in [6.07, 6.45) is 2.00. The Kier molecular flexibility index (Phi) is 4.06. The average Bonchev–Trinajstić information content (AvgIpc) is 2.38. The number of halogens is 1. The monoisotopic (exact) mass is 282 g/mol. The molecule has 2 N–H and O–H groups in total. The lowest BCUT2D eigenvalue weighted by Crippen LogP contribution is -2.48. The van der Waals surface area contributed by atoms with Gasteiger partial charge >= 0.3 is 0 Å². The van der Waals surface area contributed by atoms with Crippen molar-refractivity contribution in [1.29, 1.82) is 0 Å². The highest BCUT2D eigenvalue weighted by atomic mass is 32.1. The van der Waals surface area contributed by atoms with E-state index in [1.54, 1.807) is 13.2 Å². The van der Waals surface area contributed by atoms with Crippen LogP contribution in [0.1, 0.15) is 25.3 Å². The summed E-state index contributed by atoms with van der Waals surface area (Å²) in [6, 6.07) is 4.93. The highest BCUT2D eigenvalue weighted by Gasteiger charge is 2.32. The zero-order valence-corrected chi connectivity index (χ0v) is 12.1. The minimum absolute atomic E-state index is 0.0952. The van der Waals surface area contributed by atoms with Gasteiger partial charge in [-0.25, -0.2) is 4.39 Å². The maximum absolute atomic E-state index is 13.9. The van der Waals surface area contributed by atoms with Gasteiger partial charge in [0.05, 0.1) is 11.2 Å². The van der Waals surface area contributed by atoms with E-state index in [9.17, 15) is 4.39 Å². The van der Waals surface area contributed by atoms with Gasteiger partial charge in [-0.15, -0.1) is 0 Å². The van der Waals surface area contributed by atoms with Crippen molar-refractivity contribution in [3.8, 4) is 0 Å². The third kappa shape index (κ3) is 2.87. The Balaban J connectivity index is 2.37. The van der Waals surface area contributed by atoms with E-state index in [0.717, 1.165) is 25.1 Å². The lowest BCUT2D eigenvalue weighted by Gasteiger charge is -2.41. The summed E-state index contributed by atoms with van der Waals surface area (Å²) < 4.78 is 19.5. The van der Waals surface area contributed by atoms with Gasteiger partial charge in [0, 0.05) is 25.9 Å². The van der Waals surface area contributed by atoms with Gasteiger partial charge in [-0.05, 0) is 31.9 Å². The Morgan fingerprint density at radius 1 is 1.53 bits per heavy atom. The van der Waals surface area contributed by atoms with Crippen molar-refractivity contribution in [2.75, 3.05) is 25.1 Å². The number of nitrogens with zero attached hydrogens (tertiary/aromatic N) is 1. The second kappa shape index (κ2) is 5.43. The lowest BCUT2D eigenvalue weighted by molar-refractivity contribution is -0.00467. The molecule has 1 aliphatic heterocycles. The first-order chi connectivity index (χ1) is 8.97. The SMILES string of the molecule is COC1(C)CCCN(c2cccc(F)c2C(N)=S)C1. The molecule has 1 aromatic carbocycles. The molecule has 5 heteroatoms. The molecule has 0 aromatic heterocycles. The highest BCUT2D eigenvalue weighted by molar-refractivity contribution is 7.80. The number of hydrogen-bond donors (Lipinski definition) is 1. The molecular formula is C14H19FN2OS. The Morgan fingerprint density at radius 3 is 2.89 bits per heavy atom. The van der Waals surface area contributed by atoms with Gasteiger partial charge in [0.2, 0.25) is 0 Å². The summed E-state index contributed by atoms with van der Waals surface area (Å²) in [5, 5.41) is 0. The molecule has 1 aliphatic rings. The Hall–Kier alpha value is -1.20. The molecule has 0 saturated carbocycles. The number of rotatable bonds is 3. The molecular weight excluding hydrogens is 263 g/mol. The summed E-state index contributed by atoms with van der Waals surface area (Å²) in [6.45, 7) is 3.64. The fourth-order valence-electron chi connectivity index (χ4n) is 2.60. The quantitative estimate of drug-likeness (QED) is 0.864. The first-order valence-electron chi connectivity index (χ1n) is 6.35. The van der Waals surface area contributed by atoms with Crippen LogP contribution < -0.4 is 10.6 Å². The maximum Gasteiger partial charge on any atom is 0.135 e. The van der Waals surface area contributed by atoms with Crippen LogP contribution in [0.15, 0.2) is 18.2 Å². The van der Waals surface area contributed by atoms with Crippen molar-refractivity contribution < 1.29 is 9.13 Å². The number of anilines is 1. The molecule has 1 aromatic rings. The molecule has 0 aliphatic carbocycles. The number of ether oxygens (including phenoxy) is 1. The first-order valence-corrected chi connectivity index (χ1v) is 6.76. The molecule has 3 nitrogen and oxygen atoms in total. The van der Waals surface area contributed by atoms with Crippen LogP contribution in [0.5, 0.6) is 0 Å². The molecule has 2 rings (SSSR count). The second-order valence-corrected chi connectivity index (χ2v) is 5.62. The molecule has 1 saturated heterocycles. The van der Waals surface area contributed by atoms with Crippen LogP contribution in [0, 0.1) is 5.82 Å². The second-order valence-electron chi connectivity index (χ2n) is 5.18. The summed E-state index contributed by atoms with van der Waals surface area (Å²) >= 11 is 4.97. The topological polar surface area (TPSA) is 38.5 Å². The van der Waals surface area contributed by atoms with Gasteiger partial charge in [0.25, 0.3) is 0 Å². The third-order valence-electron chi connectivity index (χ3n) is 3.73. The van der Waals surface area contributed by atoms with E-state index in [1.807, 2.05) is 6.07 Å². The molecule has 1 atom stereocenters. The molecule has 1 unspecified atom stereocenters. The smallest absolute Gasteiger partial charge is 0.135 e. The summed E-state index contributed by atoms with van der Waals surface area (Å²) in [5.41, 5.74) is 6.54. The van der Waals surface area contributed by atoms with Crippen molar-refractivity contribution >= 4 is 22.9 Å². The van der Waals surface area contributed by atoms with Gasteiger partial charge in [0.1, 0.15) is 10.8 Å². The molecule has 1 heterocycles. The van der Waals surface area contributed by atoms with Crippen LogP contribution in [0.4, 0.5) is 10.1 Å². The average molecular weight is 282 g/mol. The van der Waals surface area contributed by atoms with E-state index in [4.69, 9.17) is 22.7 Å². The normalized spacial score (nSPS) is 23.4. The number of thiocarbonyl (C=S) groups is 1. The van der Waals surface area contributed by atoms with E-state index >= 15 is 0 Å². The minimum Gasteiger partial charge on any atom is -0.389 e. The van der Waals surface area contributed by atoms with Crippen LogP contribution >= 0.6 is 12.2 Å². The van der Waals surface area contributed by atoms with Crippen molar-refractivity contribution in [3.05, 3.63) is 29.6 Å². The fraction of sp³-hybridized carbons (Fsp3) is 0.500. The van der Waals surface area contributed by atoms with Gasteiger partial charge < -0.3 is 15.4 Å². The van der Waals surface area contributed by atoms with Crippen LogP contribution in [-0.2, 0) is 4.74 Å². The minimum atomic E-state index is -0.366. The molecule has 0 bridgehead atoms. The van der Waals surface area contributed by atoms with Gasteiger partial charge in [-0.3, -0.25) is 0 Å². The largest absolute Gasteiger partial charge is 0.389 e. The van der Waals surface area contributed by atoms with E-state index in [-0.39, 0.29) is 16.4 Å². The predicted molar refractivity (Wildman–Crippen MR) is 79.1 cm³/mol. The Morgan fingerprint density at radius 2 is 2.26 bits per heavy atom. The third-order valence-corrected chi connectivity index (χ3v) is 3.93. The number of nitrogens with two attached hydrogens (primary N) is 1. The fourth-order valence-corrected chi connectivity index (χ4v) is 2.80. The van der Waals surface area contributed by atoms with E-state index in [0.29, 0.717) is 12.1 Å². The summed E-state index contributed by atoms with van der Waals surface area (Å²) in [7, 11) is 1.71.